The van der Waals surface area contributed by atoms with E-state index in [1.165, 1.54) is 0 Å². The fourth-order valence-electron chi connectivity index (χ4n) is 1.07. The van der Waals surface area contributed by atoms with Crippen molar-refractivity contribution in [2.75, 3.05) is 6.54 Å². The minimum absolute atomic E-state index is 0.140. The van der Waals surface area contributed by atoms with Gasteiger partial charge in [0.25, 0.3) is 0 Å². The number of hydrogen-bond donors (Lipinski definition) is 4. The van der Waals surface area contributed by atoms with Crippen molar-refractivity contribution in [3.05, 3.63) is 0 Å². The van der Waals surface area contributed by atoms with E-state index in [4.69, 9.17) is 15.3 Å². The molecular formula is C6H13NO3. The van der Waals surface area contributed by atoms with E-state index >= 15 is 0 Å². The molecule has 1 aliphatic rings. The molecule has 1 saturated heterocycles. The third-order valence-corrected chi connectivity index (χ3v) is 1.91. The van der Waals surface area contributed by atoms with Crippen molar-refractivity contribution < 1.29 is 15.3 Å². The van der Waals surface area contributed by atoms with Crippen molar-refractivity contribution in [2.24, 2.45) is 0 Å². The van der Waals surface area contributed by atoms with Crippen LogP contribution >= 0.6 is 0 Å². The number of aliphatic hydroxyl groups is 3. The molecule has 0 amide bonds. The molecule has 10 heavy (non-hydrogen) atoms. The molecule has 60 valence electrons. The van der Waals surface area contributed by atoms with Crippen molar-refractivity contribution in [1.82, 2.24) is 5.32 Å². The zero-order chi connectivity index (χ0) is 7.72. The zero-order valence-electron chi connectivity index (χ0n) is 5.86. The molecule has 1 aliphatic heterocycles. The second-order valence-corrected chi connectivity index (χ2v) is 2.75. The van der Waals surface area contributed by atoms with Gasteiger partial charge in [-0.25, -0.2) is 0 Å². The molecule has 1 heterocycles. The lowest BCUT2D eigenvalue weighted by Gasteiger charge is -2.33. The lowest BCUT2D eigenvalue weighted by atomic mass is 9.98. The molecule has 0 bridgehead atoms. The van der Waals surface area contributed by atoms with Gasteiger partial charge in [0.2, 0.25) is 0 Å². The molecule has 4 N–H and O–H groups in total. The summed E-state index contributed by atoms with van der Waals surface area (Å²) in [5.74, 6) is 0. The van der Waals surface area contributed by atoms with Crippen LogP contribution in [0, 0.1) is 0 Å². The quantitative estimate of drug-likeness (QED) is 0.322. The highest BCUT2D eigenvalue weighted by molar-refractivity contribution is 4.89. The normalized spacial score (nSPS) is 49.2. The molecule has 4 atom stereocenters. The van der Waals surface area contributed by atoms with E-state index in [1.54, 1.807) is 6.92 Å². The molecule has 1 unspecified atom stereocenters. The Bertz CT molecular complexity index is 106. The van der Waals surface area contributed by atoms with E-state index in [0.29, 0.717) is 6.54 Å². The van der Waals surface area contributed by atoms with Crippen LogP contribution in [0.4, 0.5) is 0 Å². The second-order valence-electron chi connectivity index (χ2n) is 2.75. The number of nitrogens with one attached hydrogen (secondary N) is 1. The Balaban J connectivity index is 2.52. The minimum Gasteiger partial charge on any atom is -0.389 e. The maximum Gasteiger partial charge on any atom is 0.108 e. The summed E-state index contributed by atoms with van der Waals surface area (Å²) < 4.78 is 0. The molecule has 0 saturated carbocycles. The molecule has 0 spiro atoms. The topological polar surface area (TPSA) is 72.7 Å². The Morgan fingerprint density at radius 3 is 2.30 bits per heavy atom. The van der Waals surface area contributed by atoms with Gasteiger partial charge < -0.3 is 20.6 Å². The van der Waals surface area contributed by atoms with Crippen molar-refractivity contribution in [1.29, 1.82) is 0 Å². The molecule has 1 rings (SSSR count). The molecule has 1 fully saturated rings. The number of rotatable bonds is 0. The van der Waals surface area contributed by atoms with Gasteiger partial charge in [0, 0.05) is 12.6 Å². The highest BCUT2D eigenvalue weighted by atomic mass is 16.4. The van der Waals surface area contributed by atoms with Gasteiger partial charge in [-0.1, -0.05) is 0 Å². The van der Waals surface area contributed by atoms with Crippen LogP contribution in [0.25, 0.3) is 0 Å². The third kappa shape index (κ3) is 1.29. The Hall–Kier alpha value is -0.160. The first-order chi connectivity index (χ1) is 4.63. The Kier molecular flexibility index (Phi) is 2.25. The van der Waals surface area contributed by atoms with E-state index in [-0.39, 0.29) is 6.04 Å². The Morgan fingerprint density at radius 2 is 1.80 bits per heavy atom. The van der Waals surface area contributed by atoms with Crippen LogP contribution in [-0.4, -0.2) is 46.2 Å². The molecule has 4 heteroatoms. The largest absolute Gasteiger partial charge is 0.389 e. The molecule has 0 radical (unpaired) electrons. The smallest absolute Gasteiger partial charge is 0.108 e. The fourth-order valence-corrected chi connectivity index (χ4v) is 1.07. The number of piperidine rings is 1. The predicted molar refractivity (Wildman–Crippen MR) is 35.5 cm³/mol. The summed E-state index contributed by atoms with van der Waals surface area (Å²) in [6, 6.07) is -0.140. The summed E-state index contributed by atoms with van der Waals surface area (Å²) in [4.78, 5) is 0. The summed E-state index contributed by atoms with van der Waals surface area (Å²) >= 11 is 0. The molecule has 0 aliphatic carbocycles. The van der Waals surface area contributed by atoms with Crippen molar-refractivity contribution in [3.8, 4) is 0 Å². The lowest BCUT2D eigenvalue weighted by Crippen LogP contribution is -2.58. The van der Waals surface area contributed by atoms with Crippen LogP contribution in [0.1, 0.15) is 6.92 Å². The van der Waals surface area contributed by atoms with E-state index < -0.39 is 18.3 Å². The van der Waals surface area contributed by atoms with Gasteiger partial charge >= 0.3 is 0 Å². The van der Waals surface area contributed by atoms with Crippen LogP contribution < -0.4 is 5.32 Å². The molecule has 0 aromatic carbocycles. The SMILES string of the molecule is CC1NC[C@@H](O)[C@@H](O)[C@@H]1O. The van der Waals surface area contributed by atoms with Gasteiger partial charge in [-0.15, -0.1) is 0 Å². The number of aliphatic hydroxyl groups excluding tert-OH is 3. The van der Waals surface area contributed by atoms with Gasteiger partial charge in [0.1, 0.15) is 6.10 Å². The Morgan fingerprint density at radius 1 is 1.20 bits per heavy atom. The predicted octanol–water partition coefficient (Wildman–Crippen LogP) is -1.94. The number of hydrogen-bond acceptors (Lipinski definition) is 4. The number of β-amino-alcohol motifs (C(OH)–C–C–N with tert-alkyl or cyclic N) is 1. The second kappa shape index (κ2) is 2.84. The average molecular weight is 147 g/mol. The minimum atomic E-state index is -1.00. The summed E-state index contributed by atoms with van der Waals surface area (Å²) in [5.41, 5.74) is 0. The summed E-state index contributed by atoms with van der Waals surface area (Å²) in [6.45, 7) is 2.11. The van der Waals surface area contributed by atoms with Crippen molar-refractivity contribution in [2.45, 2.75) is 31.3 Å². The van der Waals surface area contributed by atoms with E-state index in [0.717, 1.165) is 0 Å². The highest BCUT2D eigenvalue weighted by Gasteiger charge is 2.33. The first kappa shape index (κ1) is 7.94. The van der Waals surface area contributed by atoms with Crippen LogP contribution in [0.3, 0.4) is 0 Å². The summed E-state index contributed by atoms with van der Waals surface area (Å²) in [6.07, 6.45) is -2.70. The van der Waals surface area contributed by atoms with E-state index in [2.05, 4.69) is 5.32 Å². The Labute approximate surface area is 59.5 Å². The van der Waals surface area contributed by atoms with Crippen molar-refractivity contribution in [3.63, 3.8) is 0 Å². The molecular weight excluding hydrogens is 134 g/mol. The van der Waals surface area contributed by atoms with Crippen LogP contribution in [-0.2, 0) is 0 Å². The lowest BCUT2D eigenvalue weighted by molar-refractivity contribution is -0.0910. The monoisotopic (exact) mass is 147 g/mol. The zero-order valence-corrected chi connectivity index (χ0v) is 5.86. The van der Waals surface area contributed by atoms with Crippen LogP contribution in [0.2, 0.25) is 0 Å². The van der Waals surface area contributed by atoms with Gasteiger partial charge in [0.05, 0.1) is 12.2 Å². The maximum atomic E-state index is 9.14. The summed E-state index contributed by atoms with van der Waals surface area (Å²) in [7, 11) is 0. The van der Waals surface area contributed by atoms with Gasteiger partial charge in [0.15, 0.2) is 0 Å². The van der Waals surface area contributed by atoms with E-state index in [1.807, 2.05) is 0 Å². The van der Waals surface area contributed by atoms with Crippen LogP contribution in [0.15, 0.2) is 0 Å². The van der Waals surface area contributed by atoms with E-state index in [9.17, 15) is 0 Å². The standard InChI is InChI=1S/C6H13NO3/c1-3-5(9)6(10)4(8)2-7-3/h3-10H,2H2,1H3/t3?,4-,5-,6-/m1/s1. The summed E-state index contributed by atoms with van der Waals surface area (Å²) in [5, 5.41) is 30.1. The van der Waals surface area contributed by atoms with Crippen molar-refractivity contribution >= 4 is 0 Å². The maximum absolute atomic E-state index is 9.14. The molecule has 0 aromatic rings. The first-order valence-electron chi connectivity index (χ1n) is 3.40. The van der Waals surface area contributed by atoms with Crippen LogP contribution in [0.5, 0.6) is 0 Å². The molecule has 4 nitrogen and oxygen atoms in total. The van der Waals surface area contributed by atoms with Gasteiger partial charge in [-0.3, -0.25) is 0 Å². The third-order valence-electron chi connectivity index (χ3n) is 1.91. The molecule has 0 aromatic heterocycles. The highest BCUT2D eigenvalue weighted by Crippen LogP contribution is 2.09. The average Bonchev–Trinajstić information content (AvgIpc) is 1.93. The van der Waals surface area contributed by atoms with Gasteiger partial charge in [-0.05, 0) is 6.92 Å². The first-order valence-corrected chi connectivity index (χ1v) is 3.40. The van der Waals surface area contributed by atoms with Gasteiger partial charge in [-0.2, -0.15) is 0 Å². The fraction of sp³-hybridized carbons (Fsp3) is 1.00.